The molecule has 0 N–H and O–H groups in total. The minimum Gasteiger partial charge on any atom is -0.374 e. The van der Waals surface area contributed by atoms with Gasteiger partial charge < -0.3 is 4.74 Å². The second-order valence-corrected chi connectivity index (χ2v) is 9.37. The maximum absolute atomic E-state index is 13.1. The van der Waals surface area contributed by atoms with Crippen molar-refractivity contribution in [1.82, 2.24) is 9.21 Å². The molecular weight excluding hydrogens is 360 g/mol. The Morgan fingerprint density at radius 2 is 1.74 bits per heavy atom. The van der Waals surface area contributed by atoms with Gasteiger partial charge in [0.25, 0.3) is 0 Å². The molecule has 2 aliphatic rings. The molecule has 144 valence electrons. The zero-order chi connectivity index (χ0) is 19.0. The summed E-state index contributed by atoms with van der Waals surface area (Å²) in [6.45, 7) is 6.48. The van der Waals surface area contributed by atoms with Gasteiger partial charge in [-0.2, -0.15) is 4.31 Å². The normalized spacial score (nSPS) is 25.3. The van der Waals surface area contributed by atoms with Gasteiger partial charge in [-0.25, -0.2) is 8.42 Å². The molecule has 5 nitrogen and oxygen atoms in total. The van der Waals surface area contributed by atoms with Crippen LogP contribution in [0.4, 0.5) is 0 Å². The highest BCUT2D eigenvalue weighted by Crippen LogP contribution is 2.33. The number of sulfonamides is 1. The molecule has 2 fully saturated rings. The summed E-state index contributed by atoms with van der Waals surface area (Å²) in [5.74, 6) is 0. The Bertz CT molecular complexity index is 883. The van der Waals surface area contributed by atoms with Crippen molar-refractivity contribution in [1.29, 1.82) is 0 Å². The lowest BCUT2D eigenvalue weighted by molar-refractivity contribution is -0.0614. The third kappa shape index (κ3) is 3.55. The van der Waals surface area contributed by atoms with Crippen LogP contribution in [0.15, 0.2) is 59.5 Å². The average Bonchev–Trinajstić information content (AvgIpc) is 3.14. The van der Waals surface area contributed by atoms with Crippen molar-refractivity contribution in [3.8, 4) is 0 Å². The van der Waals surface area contributed by atoms with Crippen LogP contribution in [-0.2, 0) is 14.8 Å². The van der Waals surface area contributed by atoms with Crippen LogP contribution in [0, 0.1) is 6.92 Å². The molecule has 0 bridgehead atoms. The molecule has 2 aromatic carbocycles. The largest absolute Gasteiger partial charge is 0.374 e. The summed E-state index contributed by atoms with van der Waals surface area (Å²) in [6.07, 6.45) is -0.0786. The van der Waals surface area contributed by atoms with E-state index in [-0.39, 0.29) is 18.2 Å². The van der Waals surface area contributed by atoms with Crippen LogP contribution in [0.5, 0.6) is 0 Å². The van der Waals surface area contributed by atoms with E-state index in [0.717, 1.165) is 12.1 Å². The van der Waals surface area contributed by atoms with Gasteiger partial charge in [-0.05, 0) is 31.5 Å². The molecule has 6 heteroatoms. The van der Waals surface area contributed by atoms with Crippen molar-refractivity contribution >= 4 is 10.0 Å². The van der Waals surface area contributed by atoms with E-state index < -0.39 is 10.0 Å². The third-order valence-electron chi connectivity index (χ3n) is 5.75. The van der Waals surface area contributed by atoms with E-state index in [0.29, 0.717) is 24.6 Å². The second-order valence-electron chi connectivity index (χ2n) is 7.44. The van der Waals surface area contributed by atoms with E-state index in [9.17, 15) is 8.42 Å². The fraction of sp³-hybridized carbons (Fsp3) is 0.429. The summed E-state index contributed by atoms with van der Waals surface area (Å²) in [6, 6.07) is 17.7. The molecule has 2 heterocycles. The van der Waals surface area contributed by atoms with E-state index in [1.807, 2.05) is 37.3 Å². The van der Waals surface area contributed by atoms with Gasteiger partial charge in [-0.1, -0.05) is 48.0 Å². The van der Waals surface area contributed by atoms with Crippen molar-refractivity contribution in [3.63, 3.8) is 0 Å². The first kappa shape index (κ1) is 18.6. The van der Waals surface area contributed by atoms with E-state index in [4.69, 9.17) is 4.74 Å². The quantitative estimate of drug-likeness (QED) is 0.811. The van der Waals surface area contributed by atoms with Gasteiger partial charge in [-0.15, -0.1) is 0 Å². The molecule has 0 radical (unpaired) electrons. The molecular formula is C21H26N2O3S. The van der Waals surface area contributed by atoms with Gasteiger partial charge in [0.15, 0.2) is 0 Å². The molecule has 2 unspecified atom stereocenters. The number of ether oxygens (including phenoxy) is 1. The van der Waals surface area contributed by atoms with Crippen LogP contribution in [0.3, 0.4) is 0 Å². The van der Waals surface area contributed by atoms with E-state index in [1.165, 1.54) is 5.56 Å². The van der Waals surface area contributed by atoms with Crippen molar-refractivity contribution in [3.05, 3.63) is 65.7 Å². The first-order valence-corrected chi connectivity index (χ1v) is 10.9. The molecule has 0 spiro atoms. The Balaban J connectivity index is 1.56. The van der Waals surface area contributed by atoms with Crippen LogP contribution >= 0.6 is 0 Å². The Hall–Kier alpha value is -1.73. The highest BCUT2D eigenvalue weighted by atomic mass is 32.2. The summed E-state index contributed by atoms with van der Waals surface area (Å²) in [5, 5.41) is 0. The van der Waals surface area contributed by atoms with Crippen LogP contribution in [0.1, 0.15) is 24.1 Å². The minimum absolute atomic E-state index is 0.0779. The SMILES string of the molecule is Cc1ccc(S(=O)(=O)N2CC3OCCN(C(C)c4ccccc4)[C@H]3C2)cc1. The number of nitrogens with zero attached hydrogens (tertiary/aromatic N) is 2. The molecule has 4 rings (SSSR count). The zero-order valence-corrected chi connectivity index (χ0v) is 16.6. The van der Waals surface area contributed by atoms with Crippen LogP contribution in [0.25, 0.3) is 0 Å². The third-order valence-corrected chi connectivity index (χ3v) is 7.59. The molecule has 2 aliphatic heterocycles. The van der Waals surface area contributed by atoms with Crippen LogP contribution < -0.4 is 0 Å². The maximum Gasteiger partial charge on any atom is 0.243 e. The highest BCUT2D eigenvalue weighted by Gasteiger charge is 2.45. The standard InChI is InChI=1S/C21H26N2O3S/c1-16-8-10-19(11-9-16)27(24,25)22-14-20-21(15-22)26-13-12-23(20)17(2)18-6-4-3-5-7-18/h3-11,17,20-21H,12-15H2,1-2H3/t17?,20-,21?/m0/s1. The molecule has 3 atom stereocenters. The number of aryl methyl sites for hydroxylation is 1. The van der Waals surface area contributed by atoms with Crippen molar-refractivity contribution in [2.24, 2.45) is 0 Å². The van der Waals surface area contributed by atoms with Crippen LogP contribution in [-0.4, -0.2) is 56.0 Å². The van der Waals surface area contributed by atoms with Gasteiger partial charge in [0.1, 0.15) is 0 Å². The number of benzene rings is 2. The number of fused-ring (bicyclic) bond motifs is 1. The summed E-state index contributed by atoms with van der Waals surface area (Å²) in [7, 11) is -3.50. The highest BCUT2D eigenvalue weighted by molar-refractivity contribution is 7.89. The maximum atomic E-state index is 13.1. The Morgan fingerprint density at radius 1 is 1.04 bits per heavy atom. The predicted octanol–water partition coefficient (Wildman–Crippen LogP) is 2.83. The molecule has 0 saturated carbocycles. The predicted molar refractivity (Wildman–Crippen MR) is 105 cm³/mol. The fourth-order valence-corrected chi connectivity index (χ4v) is 5.61. The lowest BCUT2D eigenvalue weighted by Crippen LogP contribution is -2.51. The molecule has 27 heavy (non-hydrogen) atoms. The van der Waals surface area contributed by atoms with Crippen molar-refractivity contribution in [2.75, 3.05) is 26.2 Å². The Labute approximate surface area is 161 Å². The number of hydrogen-bond acceptors (Lipinski definition) is 4. The molecule has 0 amide bonds. The van der Waals surface area contributed by atoms with E-state index in [2.05, 4.69) is 24.0 Å². The summed E-state index contributed by atoms with van der Waals surface area (Å²) in [4.78, 5) is 2.75. The smallest absolute Gasteiger partial charge is 0.243 e. The van der Waals surface area contributed by atoms with Gasteiger partial charge in [0.05, 0.1) is 23.6 Å². The van der Waals surface area contributed by atoms with Crippen molar-refractivity contribution in [2.45, 2.75) is 36.9 Å². The van der Waals surface area contributed by atoms with Crippen molar-refractivity contribution < 1.29 is 13.2 Å². The summed E-state index contributed by atoms with van der Waals surface area (Å²) in [5.41, 5.74) is 2.30. The zero-order valence-electron chi connectivity index (χ0n) is 15.8. The second kappa shape index (κ2) is 7.36. The average molecular weight is 387 g/mol. The van der Waals surface area contributed by atoms with Gasteiger partial charge in [-0.3, -0.25) is 4.90 Å². The Morgan fingerprint density at radius 3 is 2.44 bits per heavy atom. The van der Waals surface area contributed by atoms with Crippen LogP contribution in [0.2, 0.25) is 0 Å². The van der Waals surface area contributed by atoms with E-state index >= 15 is 0 Å². The first-order chi connectivity index (χ1) is 13.0. The van der Waals surface area contributed by atoms with Gasteiger partial charge in [0, 0.05) is 25.7 Å². The summed E-state index contributed by atoms with van der Waals surface area (Å²) < 4.78 is 33.7. The minimum atomic E-state index is -3.50. The van der Waals surface area contributed by atoms with Gasteiger partial charge >= 0.3 is 0 Å². The monoisotopic (exact) mass is 386 g/mol. The Kier molecular flexibility index (Phi) is 5.07. The lowest BCUT2D eigenvalue weighted by Gasteiger charge is -2.40. The van der Waals surface area contributed by atoms with E-state index in [1.54, 1.807) is 16.4 Å². The lowest BCUT2D eigenvalue weighted by atomic mass is 10.0. The number of rotatable bonds is 4. The number of morpholine rings is 1. The number of hydrogen-bond donors (Lipinski definition) is 0. The summed E-state index contributed by atoms with van der Waals surface area (Å²) >= 11 is 0. The first-order valence-electron chi connectivity index (χ1n) is 9.46. The topological polar surface area (TPSA) is 49.9 Å². The fourth-order valence-electron chi connectivity index (χ4n) is 4.14. The van der Waals surface area contributed by atoms with Gasteiger partial charge in [0.2, 0.25) is 10.0 Å². The molecule has 2 aromatic rings. The molecule has 0 aliphatic carbocycles. The molecule has 2 saturated heterocycles. The molecule has 0 aromatic heterocycles.